The van der Waals surface area contributed by atoms with Gasteiger partial charge in [0.05, 0.1) is 12.6 Å². The lowest BCUT2D eigenvalue weighted by atomic mass is 10.1. The second-order valence-corrected chi connectivity index (χ2v) is 4.97. The van der Waals surface area contributed by atoms with Gasteiger partial charge in [0.1, 0.15) is 5.75 Å². The zero-order valence-electron chi connectivity index (χ0n) is 12.4. The first-order valence-corrected chi connectivity index (χ1v) is 6.69. The molecule has 0 fully saturated rings. The highest BCUT2D eigenvalue weighted by Gasteiger charge is 2.11. The minimum Gasteiger partial charge on any atom is -0.435 e. The van der Waals surface area contributed by atoms with E-state index in [2.05, 4.69) is 9.84 Å². The van der Waals surface area contributed by atoms with E-state index < -0.39 is 6.61 Å². The van der Waals surface area contributed by atoms with Gasteiger partial charge in [-0.2, -0.15) is 13.9 Å². The topological polar surface area (TPSA) is 47.4 Å². The van der Waals surface area contributed by atoms with E-state index in [-0.39, 0.29) is 18.1 Å². The average molecular weight is 309 g/mol. The predicted octanol–water partition coefficient (Wildman–Crippen LogP) is 2.22. The van der Waals surface area contributed by atoms with Crippen LogP contribution >= 0.6 is 0 Å². The van der Waals surface area contributed by atoms with Crippen molar-refractivity contribution in [2.45, 2.75) is 19.6 Å². The first-order valence-electron chi connectivity index (χ1n) is 6.69. The van der Waals surface area contributed by atoms with Crippen LogP contribution in [0, 0.1) is 0 Å². The van der Waals surface area contributed by atoms with E-state index in [0.29, 0.717) is 6.54 Å². The second-order valence-electron chi connectivity index (χ2n) is 4.97. The van der Waals surface area contributed by atoms with Crippen molar-refractivity contribution >= 4 is 5.91 Å². The van der Waals surface area contributed by atoms with Crippen molar-refractivity contribution in [2.75, 3.05) is 7.05 Å². The van der Waals surface area contributed by atoms with Crippen molar-refractivity contribution in [1.82, 2.24) is 14.7 Å². The van der Waals surface area contributed by atoms with E-state index in [9.17, 15) is 13.6 Å². The maximum atomic E-state index is 12.1. The maximum absolute atomic E-state index is 12.1. The van der Waals surface area contributed by atoms with Gasteiger partial charge in [-0.15, -0.1) is 0 Å². The van der Waals surface area contributed by atoms with Gasteiger partial charge < -0.3 is 9.64 Å². The highest BCUT2D eigenvalue weighted by molar-refractivity contribution is 5.78. The van der Waals surface area contributed by atoms with Crippen molar-refractivity contribution in [3.63, 3.8) is 0 Å². The number of likely N-dealkylation sites (N-methyl/N-ethyl adjacent to an activating group) is 1. The Bertz CT molecular complexity index is 626. The van der Waals surface area contributed by atoms with E-state index in [4.69, 9.17) is 0 Å². The molecule has 1 amide bonds. The van der Waals surface area contributed by atoms with Crippen molar-refractivity contribution < 1.29 is 18.3 Å². The van der Waals surface area contributed by atoms with Crippen LogP contribution in [0.5, 0.6) is 5.75 Å². The van der Waals surface area contributed by atoms with Crippen LogP contribution in [0.1, 0.15) is 11.1 Å². The normalized spacial score (nSPS) is 10.8. The summed E-state index contributed by atoms with van der Waals surface area (Å²) in [6.45, 7) is -2.38. The zero-order chi connectivity index (χ0) is 16.1. The number of aryl methyl sites for hydroxylation is 1. The molecule has 0 unspecified atom stereocenters. The SMILES string of the molecule is CN(Cc1cnn(C)c1)C(=O)Cc1ccc(OC(F)F)cc1. The highest BCUT2D eigenvalue weighted by atomic mass is 19.3. The van der Waals surface area contributed by atoms with Crippen molar-refractivity contribution in [1.29, 1.82) is 0 Å². The summed E-state index contributed by atoms with van der Waals surface area (Å²) in [7, 11) is 3.53. The molecule has 0 atom stereocenters. The largest absolute Gasteiger partial charge is 0.435 e. The lowest BCUT2D eigenvalue weighted by Crippen LogP contribution is -2.27. The molecule has 0 N–H and O–H groups in total. The van der Waals surface area contributed by atoms with Gasteiger partial charge in [0, 0.05) is 32.4 Å². The smallest absolute Gasteiger partial charge is 0.387 e. The number of benzene rings is 1. The lowest BCUT2D eigenvalue weighted by Gasteiger charge is -2.16. The minimum atomic E-state index is -2.85. The summed E-state index contributed by atoms with van der Waals surface area (Å²) in [6, 6.07) is 6.06. The summed E-state index contributed by atoms with van der Waals surface area (Å²) in [5.41, 5.74) is 1.68. The van der Waals surface area contributed by atoms with E-state index >= 15 is 0 Å². The molecular formula is C15H17F2N3O2. The van der Waals surface area contributed by atoms with Gasteiger partial charge in [-0.1, -0.05) is 12.1 Å². The molecule has 0 aliphatic heterocycles. The Labute approximate surface area is 127 Å². The second kappa shape index (κ2) is 7.02. The number of alkyl halides is 2. The monoisotopic (exact) mass is 309 g/mol. The lowest BCUT2D eigenvalue weighted by molar-refractivity contribution is -0.129. The van der Waals surface area contributed by atoms with E-state index in [0.717, 1.165) is 11.1 Å². The molecule has 22 heavy (non-hydrogen) atoms. The third-order valence-corrected chi connectivity index (χ3v) is 3.11. The molecule has 5 nitrogen and oxygen atoms in total. The quantitative estimate of drug-likeness (QED) is 0.822. The molecule has 0 aliphatic carbocycles. The summed E-state index contributed by atoms with van der Waals surface area (Å²) in [6.07, 6.45) is 3.76. The van der Waals surface area contributed by atoms with E-state index in [1.807, 2.05) is 13.2 Å². The van der Waals surface area contributed by atoms with Crippen LogP contribution in [0.25, 0.3) is 0 Å². The molecule has 2 aromatic rings. The molecule has 1 heterocycles. The molecule has 1 aromatic carbocycles. The third kappa shape index (κ3) is 4.54. The number of aromatic nitrogens is 2. The number of carbonyl (C=O) groups is 1. The maximum Gasteiger partial charge on any atom is 0.387 e. The van der Waals surface area contributed by atoms with Crippen LogP contribution in [0.3, 0.4) is 0 Å². The summed E-state index contributed by atoms with van der Waals surface area (Å²) in [5.74, 6) is 0.0151. The van der Waals surface area contributed by atoms with Crippen LogP contribution in [0.15, 0.2) is 36.7 Å². The van der Waals surface area contributed by atoms with Gasteiger partial charge in [-0.3, -0.25) is 9.48 Å². The first-order chi connectivity index (χ1) is 10.4. The van der Waals surface area contributed by atoms with Gasteiger partial charge >= 0.3 is 6.61 Å². The highest BCUT2D eigenvalue weighted by Crippen LogP contribution is 2.15. The summed E-state index contributed by atoms with van der Waals surface area (Å²) >= 11 is 0. The van der Waals surface area contributed by atoms with E-state index in [1.54, 1.807) is 35.0 Å². The number of halogens is 2. The number of hydrogen-bond acceptors (Lipinski definition) is 3. The summed E-state index contributed by atoms with van der Waals surface area (Å²) in [4.78, 5) is 13.7. The Hall–Kier alpha value is -2.44. The van der Waals surface area contributed by atoms with Crippen molar-refractivity contribution in [3.05, 3.63) is 47.8 Å². The molecule has 1 aromatic heterocycles. The zero-order valence-corrected chi connectivity index (χ0v) is 12.4. The number of carbonyl (C=O) groups excluding carboxylic acids is 1. The summed E-state index contributed by atoms with van der Waals surface area (Å²) in [5, 5.41) is 4.05. The fraction of sp³-hybridized carbons (Fsp3) is 0.333. The molecule has 0 aliphatic rings. The minimum absolute atomic E-state index is 0.0635. The summed E-state index contributed by atoms with van der Waals surface area (Å²) < 4.78 is 30.1. The number of ether oxygens (including phenoxy) is 1. The van der Waals surface area contributed by atoms with Gasteiger partial charge in [-0.05, 0) is 17.7 Å². The molecular weight excluding hydrogens is 292 g/mol. The Balaban J connectivity index is 1.90. The fourth-order valence-electron chi connectivity index (χ4n) is 2.01. The average Bonchev–Trinajstić information content (AvgIpc) is 2.85. The van der Waals surface area contributed by atoms with Gasteiger partial charge in [0.25, 0.3) is 0 Å². The Morgan fingerprint density at radius 3 is 2.55 bits per heavy atom. The molecule has 0 radical (unpaired) electrons. The number of rotatable bonds is 6. The van der Waals surface area contributed by atoms with Crippen LogP contribution in [0.4, 0.5) is 8.78 Å². The number of amides is 1. The molecule has 0 spiro atoms. The van der Waals surface area contributed by atoms with E-state index in [1.165, 1.54) is 12.1 Å². The molecule has 2 rings (SSSR count). The first kappa shape index (κ1) is 15.9. The van der Waals surface area contributed by atoms with Crippen LogP contribution < -0.4 is 4.74 Å². The number of nitrogens with zero attached hydrogens (tertiary/aromatic N) is 3. The third-order valence-electron chi connectivity index (χ3n) is 3.11. The van der Waals surface area contributed by atoms with Gasteiger partial charge in [-0.25, -0.2) is 0 Å². The number of hydrogen-bond donors (Lipinski definition) is 0. The molecule has 7 heteroatoms. The van der Waals surface area contributed by atoms with Crippen molar-refractivity contribution in [3.8, 4) is 5.75 Å². The Morgan fingerprint density at radius 2 is 2.00 bits per heavy atom. The van der Waals surface area contributed by atoms with Gasteiger partial charge in [0.2, 0.25) is 5.91 Å². The van der Waals surface area contributed by atoms with Crippen LogP contribution in [-0.2, 0) is 24.8 Å². The molecule has 0 bridgehead atoms. The van der Waals surface area contributed by atoms with Crippen LogP contribution in [-0.4, -0.2) is 34.2 Å². The molecule has 0 saturated carbocycles. The molecule has 118 valence electrons. The fourth-order valence-corrected chi connectivity index (χ4v) is 2.01. The molecule has 0 saturated heterocycles. The predicted molar refractivity (Wildman–Crippen MR) is 76.5 cm³/mol. The Morgan fingerprint density at radius 1 is 1.32 bits per heavy atom. The van der Waals surface area contributed by atoms with Gasteiger partial charge in [0.15, 0.2) is 0 Å². The Kier molecular flexibility index (Phi) is 5.08. The standard InChI is InChI=1S/C15H17F2N3O2/c1-19(9-12-8-18-20(2)10-12)14(21)7-11-3-5-13(6-4-11)22-15(16)17/h3-6,8,10,15H,7,9H2,1-2H3. The van der Waals surface area contributed by atoms with Crippen molar-refractivity contribution in [2.24, 2.45) is 7.05 Å². The van der Waals surface area contributed by atoms with Crippen LogP contribution in [0.2, 0.25) is 0 Å².